The second kappa shape index (κ2) is 7.90. The number of halogens is 4. The lowest BCUT2D eigenvalue weighted by Crippen LogP contribution is -2.23. The van der Waals surface area contributed by atoms with Crippen molar-refractivity contribution in [3.8, 4) is 0 Å². The molecule has 0 saturated carbocycles. The molecule has 0 spiro atoms. The van der Waals surface area contributed by atoms with E-state index in [2.05, 4.69) is 43.8 Å². The highest BCUT2D eigenvalue weighted by Gasteiger charge is 2.15. The number of nitrogens with one attached hydrogen (secondary N) is 1. The molecule has 0 aliphatic rings. The van der Waals surface area contributed by atoms with Crippen molar-refractivity contribution in [1.29, 1.82) is 0 Å². The molecule has 1 N–H and O–H groups in total. The van der Waals surface area contributed by atoms with Crippen molar-refractivity contribution in [2.24, 2.45) is 0 Å². The van der Waals surface area contributed by atoms with Crippen LogP contribution in [0.1, 0.15) is 24.1 Å². The minimum atomic E-state index is -0.183. The molecule has 0 bridgehead atoms. The first-order valence-electron chi connectivity index (χ1n) is 6.63. The van der Waals surface area contributed by atoms with E-state index in [1.54, 1.807) is 6.07 Å². The average molecular weight is 483 g/mol. The molecule has 0 saturated heterocycles. The van der Waals surface area contributed by atoms with Crippen molar-refractivity contribution in [1.82, 2.24) is 5.32 Å². The molecule has 1 nitrogen and oxygen atoms in total. The Hall–Kier alpha value is -0.170. The van der Waals surface area contributed by atoms with Crippen molar-refractivity contribution in [2.75, 3.05) is 6.54 Å². The molecule has 5 heteroatoms. The summed E-state index contributed by atoms with van der Waals surface area (Å²) >= 11 is 11.8. The summed E-state index contributed by atoms with van der Waals surface area (Å²) in [4.78, 5) is 0. The van der Waals surface area contributed by atoms with E-state index in [0.717, 1.165) is 25.2 Å². The zero-order valence-corrected chi connectivity index (χ0v) is 16.0. The highest BCUT2D eigenvalue weighted by Crippen LogP contribution is 2.27. The van der Waals surface area contributed by atoms with Gasteiger partial charge in [-0.2, -0.15) is 0 Å². The Morgan fingerprint density at radius 2 is 2.05 bits per heavy atom. The lowest BCUT2D eigenvalue weighted by molar-refractivity contribution is 0.527. The molecular formula is C16H15BrClFIN. The third-order valence-corrected chi connectivity index (χ3v) is 5.29. The van der Waals surface area contributed by atoms with Crippen LogP contribution in [0, 0.1) is 9.39 Å². The maximum Gasteiger partial charge on any atom is 0.126 e. The van der Waals surface area contributed by atoms with Crippen LogP contribution in [0.15, 0.2) is 40.9 Å². The first-order chi connectivity index (χ1) is 10.0. The van der Waals surface area contributed by atoms with E-state index in [4.69, 9.17) is 11.6 Å². The topological polar surface area (TPSA) is 12.0 Å². The highest BCUT2D eigenvalue weighted by molar-refractivity contribution is 14.1. The van der Waals surface area contributed by atoms with Gasteiger partial charge in [-0.3, -0.25) is 0 Å². The molecule has 0 radical (unpaired) electrons. The first kappa shape index (κ1) is 17.2. The van der Waals surface area contributed by atoms with Crippen LogP contribution >= 0.6 is 50.1 Å². The van der Waals surface area contributed by atoms with Crippen molar-refractivity contribution >= 4 is 50.1 Å². The maximum absolute atomic E-state index is 14.0. The van der Waals surface area contributed by atoms with Gasteiger partial charge in [0.1, 0.15) is 5.82 Å². The Labute approximate surface area is 151 Å². The lowest BCUT2D eigenvalue weighted by Gasteiger charge is -2.19. The summed E-state index contributed by atoms with van der Waals surface area (Å²) in [5, 5.41) is 4.13. The highest BCUT2D eigenvalue weighted by atomic mass is 127. The van der Waals surface area contributed by atoms with Gasteiger partial charge in [0.2, 0.25) is 0 Å². The summed E-state index contributed by atoms with van der Waals surface area (Å²) in [6.07, 6.45) is 0.579. The van der Waals surface area contributed by atoms with Gasteiger partial charge in [-0.05, 0) is 77.0 Å². The standard InChI is InChI=1S/C16H15BrClFIN/c1-2-21-16(10-3-6-15(20)13(18)8-10)9-11-7-12(17)4-5-14(11)19/h3-8,16,21H,2,9H2,1H3. The van der Waals surface area contributed by atoms with Crippen molar-refractivity contribution in [2.45, 2.75) is 19.4 Å². The molecular weight excluding hydrogens is 467 g/mol. The van der Waals surface area contributed by atoms with Crippen molar-refractivity contribution < 1.29 is 4.39 Å². The second-order valence-corrected chi connectivity index (χ2v) is 7.21. The summed E-state index contributed by atoms with van der Waals surface area (Å²) in [6, 6.07) is 11.0. The van der Waals surface area contributed by atoms with E-state index in [9.17, 15) is 4.39 Å². The maximum atomic E-state index is 14.0. The number of likely N-dealkylation sites (N-methyl/N-ethyl adjacent to an activating group) is 1. The van der Waals surface area contributed by atoms with E-state index in [1.807, 2.05) is 31.2 Å². The summed E-state index contributed by atoms with van der Waals surface area (Å²) in [7, 11) is 0. The molecule has 112 valence electrons. The van der Waals surface area contributed by atoms with E-state index in [1.165, 1.54) is 6.07 Å². The molecule has 21 heavy (non-hydrogen) atoms. The molecule has 0 heterocycles. The fourth-order valence-electron chi connectivity index (χ4n) is 2.20. The van der Waals surface area contributed by atoms with E-state index in [0.29, 0.717) is 12.0 Å². The molecule has 0 aliphatic carbocycles. The largest absolute Gasteiger partial charge is 0.310 e. The molecule has 1 atom stereocenters. The summed E-state index contributed by atoms with van der Waals surface area (Å²) in [6.45, 7) is 2.85. The van der Waals surface area contributed by atoms with Crippen LogP contribution in [-0.2, 0) is 6.42 Å². The second-order valence-electron chi connectivity index (χ2n) is 4.72. The SMILES string of the molecule is CCNC(Cc1cc(Br)ccc1F)c1ccc(I)c(Cl)c1. The predicted octanol–water partition coefficient (Wildman–Crippen LogP) is 5.74. The van der Waals surface area contributed by atoms with Crippen LogP contribution < -0.4 is 5.32 Å². The normalized spacial score (nSPS) is 12.4. The van der Waals surface area contributed by atoms with Crippen molar-refractivity contribution in [3.63, 3.8) is 0 Å². The molecule has 0 aromatic heterocycles. The van der Waals surface area contributed by atoms with Gasteiger partial charge < -0.3 is 5.32 Å². The number of hydrogen-bond donors (Lipinski definition) is 1. The Kier molecular flexibility index (Phi) is 6.47. The Morgan fingerprint density at radius 1 is 1.29 bits per heavy atom. The third-order valence-electron chi connectivity index (χ3n) is 3.23. The van der Waals surface area contributed by atoms with Gasteiger partial charge in [0.05, 0.1) is 5.02 Å². The van der Waals surface area contributed by atoms with Crippen LogP contribution in [0.3, 0.4) is 0 Å². The summed E-state index contributed by atoms with van der Waals surface area (Å²) < 4.78 is 15.9. The van der Waals surface area contributed by atoms with Gasteiger partial charge in [0.15, 0.2) is 0 Å². The molecule has 2 rings (SSSR count). The summed E-state index contributed by atoms with van der Waals surface area (Å²) in [5.41, 5.74) is 1.76. The number of benzene rings is 2. The average Bonchev–Trinajstić information content (AvgIpc) is 2.45. The fraction of sp³-hybridized carbons (Fsp3) is 0.250. The first-order valence-corrected chi connectivity index (χ1v) is 8.88. The van der Waals surface area contributed by atoms with Crippen molar-refractivity contribution in [3.05, 3.63) is 66.4 Å². The van der Waals surface area contributed by atoms with Gasteiger partial charge in [-0.1, -0.05) is 40.5 Å². The van der Waals surface area contributed by atoms with Crippen LogP contribution in [-0.4, -0.2) is 6.54 Å². The van der Waals surface area contributed by atoms with E-state index >= 15 is 0 Å². The van der Waals surface area contributed by atoms with Crippen LogP contribution in [0.2, 0.25) is 5.02 Å². The zero-order valence-electron chi connectivity index (χ0n) is 11.5. The van der Waals surface area contributed by atoms with Crippen LogP contribution in [0.25, 0.3) is 0 Å². The number of hydrogen-bond acceptors (Lipinski definition) is 1. The Bertz CT molecular complexity index is 636. The minimum Gasteiger partial charge on any atom is -0.310 e. The summed E-state index contributed by atoms with van der Waals surface area (Å²) in [5.74, 6) is -0.183. The quantitative estimate of drug-likeness (QED) is 0.536. The fourth-order valence-corrected chi connectivity index (χ4v) is 3.14. The molecule has 2 aromatic rings. The van der Waals surface area contributed by atoms with E-state index in [-0.39, 0.29) is 11.9 Å². The van der Waals surface area contributed by atoms with Gasteiger partial charge in [0, 0.05) is 14.1 Å². The van der Waals surface area contributed by atoms with Gasteiger partial charge in [-0.25, -0.2) is 4.39 Å². The molecule has 0 fully saturated rings. The Morgan fingerprint density at radius 3 is 2.71 bits per heavy atom. The molecule has 0 amide bonds. The molecule has 0 aliphatic heterocycles. The van der Waals surface area contributed by atoms with Crippen LogP contribution in [0.5, 0.6) is 0 Å². The molecule has 1 unspecified atom stereocenters. The van der Waals surface area contributed by atoms with Gasteiger partial charge in [-0.15, -0.1) is 0 Å². The smallest absolute Gasteiger partial charge is 0.126 e. The van der Waals surface area contributed by atoms with Gasteiger partial charge in [0.25, 0.3) is 0 Å². The lowest BCUT2D eigenvalue weighted by atomic mass is 9.98. The third kappa shape index (κ3) is 4.65. The minimum absolute atomic E-state index is 0.0355. The van der Waals surface area contributed by atoms with Crippen LogP contribution in [0.4, 0.5) is 4.39 Å². The predicted molar refractivity (Wildman–Crippen MR) is 98.4 cm³/mol. The molecule has 2 aromatic carbocycles. The monoisotopic (exact) mass is 481 g/mol. The zero-order chi connectivity index (χ0) is 15.4. The van der Waals surface area contributed by atoms with Gasteiger partial charge >= 0.3 is 0 Å². The Balaban J connectivity index is 2.30. The number of rotatable bonds is 5. The van der Waals surface area contributed by atoms with E-state index < -0.39 is 0 Å².